The zero-order chi connectivity index (χ0) is 36.4. The Hall–Kier alpha value is -6.24. The number of alkyl halides is 6. The van der Waals surface area contributed by atoms with Crippen molar-refractivity contribution in [2.45, 2.75) is 25.4 Å². The number of hydrogen-bond acceptors (Lipinski definition) is 12. The van der Waals surface area contributed by atoms with Crippen LogP contribution in [-0.4, -0.2) is 38.9 Å². The second kappa shape index (κ2) is 13.5. The maximum Gasteiger partial charge on any atom is 0.416 e. The number of carbonyl (C=O) groups excluding carboxylic acids is 4. The van der Waals surface area contributed by atoms with Crippen LogP contribution in [-0.2, 0) is 30.2 Å². The summed E-state index contributed by atoms with van der Waals surface area (Å²) in [7, 11) is 0. The van der Waals surface area contributed by atoms with Gasteiger partial charge < -0.3 is 29.5 Å². The van der Waals surface area contributed by atoms with E-state index in [1.54, 1.807) is 0 Å². The molecule has 4 N–H and O–H groups in total. The number of carbonyl (C=O) groups is 4. The van der Waals surface area contributed by atoms with Crippen molar-refractivity contribution in [1.82, 2.24) is 4.90 Å². The highest BCUT2D eigenvalue weighted by molar-refractivity contribution is 6.21. The summed E-state index contributed by atoms with van der Waals surface area (Å²) >= 11 is 0. The summed E-state index contributed by atoms with van der Waals surface area (Å²) in [5.41, 5.74) is 0.905. The van der Waals surface area contributed by atoms with Crippen LogP contribution in [0.3, 0.4) is 0 Å². The van der Waals surface area contributed by atoms with E-state index in [4.69, 9.17) is 24.8 Å². The number of benzene rings is 2. The largest absolute Gasteiger partial charge is 0.502 e. The molecule has 6 rings (SSSR count). The molecule has 13 nitrogen and oxygen atoms in total. The van der Waals surface area contributed by atoms with E-state index in [1.165, 1.54) is 0 Å². The number of imide groups is 1. The van der Waals surface area contributed by atoms with Gasteiger partial charge in [-0.15, -0.1) is 0 Å². The molecule has 49 heavy (non-hydrogen) atoms. The molecule has 2 aliphatic heterocycles. The average Bonchev–Trinajstić information content (AvgIpc) is 3.46. The van der Waals surface area contributed by atoms with Crippen LogP contribution in [0.1, 0.15) is 64.1 Å². The maximum atomic E-state index is 12.7. The number of cyclic esters (lactones) is 2. The molecule has 0 fully saturated rings. The van der Waals surface area contributed by atoms with Gasteiger partial charge in [0.2, 0.25) is 10.9 Å². The Balaban J connectivity index is 0.000000184. The van der Waals surface area contributed by atoms with Crippen molar-refractivity contribution in [1.29, 1.82) is 0 Å². The van der Waals surface area contributed by atoms with E-state index in [2.05, 4.69) is 4.74 Å². The predicted octanol–water partition coefficient (Wildman–Crippen LogP) is 3.98. The minimum absolute atomic E-state index is 0.0941. The Labute approximate surface area is 267 Å². The topological polar surface area (TPSA) is 208 Å². The van der Waals surface area contributed by atoms with Gasteiger partial charge in [0.05, 0.1) is 46.5 Å². The molecule has 0 atom stereocenters. The van der Waals surface area contributed by atoms with Crippen molar-refractivity contribution < 1.29 is 69.3 Å². The lowest BCUT2D eigenvalue weighted by Gasteiger charge is -2.12. The van der Waals surface area contributed by atoms with Crippen LogP contribution in [0, 0.1) is 0 Å². The first-order valence-corrected chi connectivity index (χ1v) is 13.2. The molecule has 256 valence electrons. The normalized spacial score (nSPS) is 13.6. The van der Waals surface area contributed by atoms with Crippen LogP contribution < -0.4 is 16.6 Å². The fraction of sp³-hybridized carbons (Fsp3) is 0.133. The van der Waals surface area contributed by atoms with Crippen molar-refractivity contribution in [2.24, 2.45) is 5.73 Å². The van der Waals surface area contributed by atoms with Crippen molar-refractivity contribution in [3.05, 3.63) is 126 Å². The van der Waals surface area contributed by atoms with E-state index in [0.29, 0.717) is 28.9 Å². The number of halogens is 6. The lowest BCUT2D eigenvalue weighted by molar-refractivity contribution is -0.138. The molecule has 0 radical (unpaired) electrons. The van der Waals surface area contributed by atoms with Crippen LogP contribution in [0.2, 0.25) is 0 Å². The van der Waals surface area contributed by atoms with Crippen molar-refractivity contribution in [3.8, 4) is 11.5 Å². The first-order valence-electron chi connectivity index (χ1n) is 13.2. The minimum Gasteiger partial charge on any atom is -0.502 e. The van der Waals surface area contributed by atoms with Gasteiger partial charge in [0.15, 0.2) is 11.5 Å². The second-order valence-electron chi connectivity index (χ2n) is 9.79. The van der Waals surface area contributed by atoms with E-state index in [-0.39, 0.29) is 34.6 Å². The van der Waals surface area contributed by atoms with Gasteiger partial charge in [-0.3, -0.25) is 24.1 Å². The number of nitrogens with zero attached hydrogens (tertiary/aromatic N) is 1. The van der Waals surface area contributed by atoms with Crippen LogP contribution in [0.5, 0.6) is 11.5 Å². The zero-order valence-electron chi connectivity index (χ0n) is 24.0. The number of aromatic hydroxyl groups is 2. The Morgan fingerprint density at radius 2 is 1.06 bits per heavy atom. The molecule has 0 aliphatic carbocycles. The highest BCUT2D eigenvalue weighted by atomic mass is 19.4. The number of esters is 2. The van der Waals surface area contributed by atoms with Gasteiger partial charge in [-0.2, -0.15) is 26.3 Å². The molecular weight excluding hydrogens is 678 g/mol. The summed E-state index contributed by atoms with van der Waals surface area (Å²) in [5.74, 6) is -4.43. The third-order valence-electron chi connectivity index (χ3n) is 6.52. The number of ether oxygens (including phenoxy) is 1. The highest BCUT2D eigenvalue weighted by Gasteiger charge is 2.40. The molecule has 2 aliphatic rings. The van der Waals surface area contributed by atoms with Crippen LogP contribution >= 0.6 is 0 Å². The summed E-state index contributed by atoms with van der Waals surface area (Å²) in [6.07, 6.45) is -7.46. The summed E-state index contributed by atoms with van der Waals surface area (Å²) in [6, 6.07) is 6.60. The molecule has 4 heterocycles. The third kappa shape index (κ3) is 7.84. The monoisotopic (exact) mass is 696 g/mol. The number of fused-ring (bicyclic) bond motifs is 2. The van der Waals surface area contributed by atoms with E-state index >= 15 is 0 Å². The zero-order valence-corrected chi connectivity index (χ0v) is 24.0. The number of rotatable bonds is 3. The van der Waals surface area contributed by atoms with E-state index in [1.807, 2.05) is 0 Å². The molecule has 0 saturated carbocycles. The first-order chi connectivity index (χ1) is 22.8. The number of hydrogen-bond donors (Lipinski definition) is 3. The fourth-order valence-corrected chi connectivity index (χ4v) is 4.11. The molecule has 2 amide bonds. The molecule has 0 bridgehead atoms. The summed E-state index contributed by atoms with van der Waals surface area (Å²) in [4.78, 5) is 68.9. The molecule has 2 aromatic heterocycles. The summed E-state index contributed by atoms with van der Waals surface area (Å²) in [5, 5.41) is 17.8. The summed E-state index contributed by atoms with van der Waals surface area (Å²) < 4.78 is 88.7. The fourth-order valence-electron chi connectivity index (χ4n) is 4.11. The Kier molecular flexibility index (Phi) is 9.79. The first kappa shape index (κ1) is 35.6. The quantitative estimate of drug-likeness (QED) is 0.120. The van der Waals surface area contributed by atoms with E-state index in [0.717, 1.165) is 42.9 Å². The molecule has 0 unspecified atom stereocenters. The van der Waals surface area contributed by atoms with Crippen LogP contribution in [0.4, 0.5) is 26.3 Å². The molecule has 19 heteroatoms. The van der Waals surface area contributed by atoms with E-state index < -0.39 is 76.1 Å². The van der Waals surface area contributed by atoms with Gasteiger partial charge in [-0.25, -0.2) is 9.59 Å². The summed E-state index contributed by atoms with van der Waals surface area (Å²) in [6.45, 7) is -0.279. The van der Waals surface area contributed by atoms with Crippen LogP contribution in [0.25, 0.3) is 0 Å². The third-order valence-corrected chi connectivity index (χ3v) is 6.52. The SMILES string of the molecule is NCc1cc(=O)c(O)co1.O=C1OC(=O)c2cc(C(F)(F)F)ccc21.O=C1c2ccc(C(F)(F)F)cc2C(=O)N1Cc1cc(=O)c(O)co1. The Morgan fingerprint density at radius 1 is 0.612 bits per heavy atom. The Bertz CT molecular complexity index is 2100. The number of amides is 2. The average molecular weight is 696 g/mol. The molecular formula is C30H18F6N2O11. The van der Waals surface area contributed by atoms with Gasteiger partial charge in [0.25, 0.3) is 11.8 Å². The lowest BCUT2D eigenvalue weighted by atomic mass is 10.1. The van der Waals surface area contributed by atoms with Gasteiger partial charge >= 0.3 is 24.3 Å². The predicted molar refractivity (Wildman–Crippen MR) is 148 cm³/mol. The van der Waals surface area contributed by atoms with Gasteiger partial charge in [-0.05, 0) is 36.4 Å². The second-order valence-corrected chi connectivity index (χ2v) is 9.79. The molecule has 4 aromatic rings. The maximum absolute atomic E-state index is 12.7. The van der Waals surface area contributed by atoms with Crippen molar-refractivity contribution in [3.63, 3.8) is 0 Å². The minimum atomic E-state index is -4.64. The highest BCUT2D eigenvalue weighted by Crippen LogP contribution is 2.34. The van der Waals surface area contributed by atoms with Crippen molar-refractivity contribution in [2.75, 3.05) is 0 Å². The lowest BCUT2D eigenvalue weighted by Crippen LogP contribution is -2.29. The molecule has 2 aromatic carbocycles. The van der Waals surface area contributed by atoms with E-state index in [9.17, 15) is 55.1 Å². The van der Waals surface area contributed by atoms with Crippen LogP contribution in [0.15, 0.2) is 79.5 Å². The molecule has 0 spiro atoms. The molecule has 0 saturated heterocycles. The Morgan fingerprint density at radius 3 is 1.57 bits per heavy atom. The van der Waals surface area contributed by atoms with Crippen molar-refractivity contribution >= 4 is 23.8 Å². The van der Waals surface area contributed by atoms with Gasteiger partial charge in [-0.1, -0.05) is 0 Å². The van der Waals surface area contributed by atoms with Gasteiger partial charge in [0.1, 0.15) is 24.0 Å². The van der Waals surface area contributed by atoms with Gasteiger partial charge in [0, 0.05) is 12.1 Å². The smallest absolute Gasteiger partial charge is 0.416 e. The number of nitrogens with two attached hydrogens (primary N) is 1. The standard InChI is InChI=1S/C15H8F3NO5.C9H3F3O3.C6H7NO3/c16-15(17,18)7-1-2-9-10(3-7)14(23)19(13(9)22)5-8-4-11(20)12(21)6-24-8;10-9(11,12)4-1-2-5-6(3-4)8(14)15-7(5)13;7-2-4-1-5(8)6(9)3-10-4/h1-4,6,21H,5H2;1-3H;1,3,9H,2,7H2.